The van der Waals surface area contributed by atoms with Gasteiger partial charge in [-0.05, 0) is 61.8 Å². The highest BCUT2D eigenvalue weighted by Gasteiger charge is 2.21. The predicted octanol–water partition coefficient (Wildman–Crippen LogP) is 2.69. The maximum atomic E-state index is 12.7. The van der Waals surface area contributed by atoms with E-state index in [0.29, 0.717) is 35.7 Å². The molecule has 8 heteroatoms. The number of ether oxygens (including phenoxy) is 1. The normalized spacial score (nSPS) is 11.3. The Morgan fingerprint density at radius 3 is 2.37 bits per heavy atom. The molecule has 0 fully saturated rings. The number of hydrogen-bond acceptors (Lipinski definition) is 5. The molecule has 0 radical (unpaired) electrons. The molecule has 0 aliphatic carbocycles. The monoisotopic (exact) mass is 429 g/mol. The molecule has 0 aliphatic heterocycles. The average molecular weight is 430 g/mol. The number of para-hydroxylation sites is 1. The SMILES string of the molecule is CCNC(=O)c1ccc(NC(=O)C(CCSC)NC(=O)COc2ccccc2)cc1. The Morgan fingerprint density at radius 2 is 1.73 bits per heavy atom. The highest BCUT2D eigenvalue weighted by atomic mass is 32.2. The van der Waals surface area contributed by atoms with Gasteiger partial charge < -0.3 is 20.7 Å². The first kappa shape index (κ1) is 23.3. The van der Waals surface area contributed by atoms with Gasteiger partial charge in [-0.3, -0.25) is 14.4 Å². The molecule has 2 aromatic carbocycles. The Kier molecular flexibility index (Phi) is 9.73. The lowest BCUT2D eigenvalue weighted by Crippen LogP contribution is -2.45. The van der Waals surface area contributed by atoms with Crippen LogP contribution in [-0.4, -0.2) is 48.9 Å². The summed E-state index contributed by atoms with van der Waals surface area (Å²) in [5.41, 5.74) is 1.07. The van der Waals surface area contributed by atoms with Gasteiger partial charge in [0.15, 0.2) is 6.61 Å². The average Bonchev–Trinajstić information content (AvgIpc) is 2.76. The summed E-state index contributed by atoms with van der Waals surface area (Å²) in [7, 11) is 0. The molecular weight excluding hydrogens is 402 g/mol. The zero-order valence-electron chi connectivity index (χ0n) is 17.1. The fraction of sp³-hybridized carbons (Fsp3) is 0.318. The molecular formula is C22H27N3O4S. The summed E-state index contributed by atoms with van der Waals surface area (Å²) in [5, 5.41) is 8.25. The number of rotatable bonds is 11. The van der Waals surface area contributed by atoms with Crippen LogP contribution >= 0.6 is 11.8 Å². The quantitative estimate of drug-likeness (QED) is 0.510. The standard InChI is InChI=1S/C22H27N3O4S/c1-3-23-21(27)16-9-11-17(12-10-16)24-22(28)19(13-14-30-2)25-20(26)15-29-18-7-5-4-6-8-18/h4-12,19H,3,13-15H2,1-2H3,(H,23,27)(H,24,28)(H,25,26). The van der Waals surface area contributed by atoms with Gasteiger partial charge in [-0.1, -0.05) is 18.2 Å². The number of carbonyl (C=O) groups excluding carboxylic acids is 3. The minimum atomic E-state index is -0.688. The van der Waals surface area contributed by atoms with Crippen molar-refractivity contribution in [3.05, 3.63) is 60.2 Å². The van der Waals surface area contributed by atoms with E-state index in [2.05, 4.69) is 16.0 Å². The smallest absolute Gasteiger partial charge is 0.258 e. The van der Waals surface area contributed by atoms with E-state index >= 15 is 0 Å². The van der Waals surface area contributed by atoms with Crippen LogP contribution in [-0.2, 0) is 9.59 Å². The van der Waals surface area contributed by atoms with E-state index in [4.69, 9.17) is 4.74 Å². The second-order valence-electron chi connectivity index (χ2n) is 6.43. The van der Waals surface area contributed by atoms with Crippen LogP contribution in [0.15, 0.2) is 54.6 Å². The Morgan fingerprint density at radius 1 is 1.03 bits per heavy atom. The van der Waals surface area contributed by atoms with Crippen molar-refractivity contribution < 1.29 is 19.1 Å². The summed E-state index contributed by atoms with van der Waals surface area (Å²) in [5.74, 6) is 0.451. The molecule has 0 saturated heterocycles. The lowest BCUT2D eigenvalue weighted by atomic mass is 10.1. The summed E-state index contributed by atoms with van der Waals surface area (Å²) in [4.78, 5) is 36.8. The van der Waals surface area contributed by atoms with Crippen molar-refractivity contribution >= 4 is 35.2 Å². The molecule has 0 aromatic heterocycles. The van der Waals surface area contributed by atoms with E-state index in [-0.39, 0.29) is 24.3 Å². The Labute approximate surface area is 181 Å². The molecule has 0 aliphatic rings. The molecule has 2 rings (SSSR count). The first-order valence-corrected chi connectivity index (χ1v) is 11.1. The molecule has 0 saturated carbocycles. The van der Waals surface area contributed by atoms with Gasteiger partial charge in [-0.15, -0.1) is 0 Å². The number of hydrogen-bond donors (Lipinski definition) is 3. The van der Waals surface area contributed by atoms with Crippen LogP contribution in [0.4, 0.5) is 5.69 Å². The van der Waals surface area contributed by atoms with Gasteiger partial charge >= 0.3 is 0 Å². The predicted molar refractivity (Wildman–Crippen MR) is 120 cm³/mol. The number of nitrogens with one attached hydrogen (secondary N) is 3. The van der Waals surface area contributed by atoms with E-state index < -0.39 is 6.04 Å². The molecule has 1 unspecified atom stereocenters. The van der Waals surface area contributed by atoms with Gasteiger partial charge in [-0.2, -0.15) is 11.8 Å². The van der Waals surface area contributed by atoms with E-state index in [1.165, 1.54) is 0 Å². The zero-order chi connectivity index (χ0) is 21.8. The van der Waals surface area contributed by atoms with Crippen molar-refractivity contribution in [1.29, 1.82) is 0 Å². The number of carbonyl (C=O) groups is 3. The zero-order valence-corrected chi connectivity index (χ0v) is 18.0. The molecule has 0 heterocycles. The Hall–Kier alpha value is -3.00. The Bertz CT molecular complexity index is 828. The van der Waals surface area contributed by atoms with E-state index in [1.54, 1.807) is 48.2 Å². The van der Waals surface area contributed by atoms with Gasteiger partial charge in [0, 0.05) is 17.8 Å². The molecule has 1 atom stereocenters. The van der Waals surface area contributed by atoms with Gasteiger partial charge in [0.2, 0.25) is 5.91 Å². The molecule has 0 spiro atoms. The van der Waals surface area contributed by atoms with Gasteiger partial charge in [0.1, 0.15) is 11.8 Å². The second-order valence-corrected chi connectivity index (χ2v) is 7.41. The van der Waals surface area contributed by atoms with Crippen LogP contribution in [0.1, 0.15) is 23.7 Å². The largest absolute Gasteiger partial charge is 0.484 e. The van der Waals surface area contributed by atoms with Crippen LogP contribution < -0.4 is 20.7 Å². The lowest BCUT2D eigenvalue weighted by Gasteiger charge is -2.18. The van der Waals surface area contributed by atoms with Gasteiger partial charge in [-0.25, -0.2) is 0 Å². The molecule has 7 nitrogen and oxygen atoms in total. The van der Waals surface area contributed by atoms with Crippen molar-refractivity contribution in [1.82, 2.24) is 10.6 Å². The number of thioether (sulfide) groups is 1. The summed E-state index contributed by atoms with van der Waals surface area (Å²) in [6.45, 7) is 2.22. The summed E-state index contributed by atoms with van der Waals surface area (Å²) in [6, 6.07) is 14.9. The van der Waals surface area contributed by atoms with Crippen molar-refractivity contribution in [2.75, 3.05) is 30.5 Å². The first-order valence-electron chi connectivity index (χ1n) is 9.68. The topological polar surface area (TPSA) is 96.5 Å². The third kappa shape index (κ3) is 7.79. The first-order chi connectivity index (χ1) is 14.5. The minimum Gasteiger partial charge on any atom is -0.484 e. The van der Waals surface area contributed by atoms with E-state index in [0.717, 1.165) is 0 Å². The number of amides is 3. The maximum Gasteiger partial charge on any atom is 0.258 e. The maximum absolute atomic E-state index is 12.7. The van der Waals surface area contributed by atoms with Crippen molar-refractivity contribution in [2.24, 2.45) is 0 Å². The van der Waals surface area contributed by atoms with Crippen LogP contribution in [0, 0.1) is 0 Å². The van der Waals surface area contributed by atoms with E-state index in [9.17, 15) is 14.4 Å². The highest BCUT2D eigenvalue weighted by molar-refractivity contribution is 7.98. The van der Waals surface area contributed by atoms with Crippen molar-refractivity contribution in [3.8, 4) is 5.75 Å². The summed E-state index contributed by atoms with van der Waals surface area (Å²) < 4.78 is 5.44. The molecule has 3 N–H and O–H groups in total. The molecule has 30 heavy (non-hydrogen) atoms. The fourth-order valence-corrected chi connectivity index (χ4v) is 3.07. The summed E-state index contributed by atoms with van der Waals surface area (Å²) in [6.07, 6.45) is 2.43. The Balaban J connectivity index is 1.93. The van der Waals surface area contributed by atoms with Crippen LogP contribution in [0.2, 0.25) is 0 Å². The second kappa shape index (κ2) is 12.5. The molecule has 0 bridgehead atoms. The lowest BCUT2D eigenvalue weighted by molar-refractivity contribution is -0.127. The molecule has 3 amide bonds. The minimum absolute atomic E-state index is 0.168. The van der Waals surface area contributed by atoms with Crippen LogP contribution in [0.3, 0.4) is 0 Å². The molecule has 2 aromatic rings. The highest BCUT2D eigenvalue weighted by Crippen LogP contribution is 2.12. The molecule has 160 valence electrons. The van der Waals surface area contributed by atoms with Crippen LogP contribution in [0.25, 0.3) is 0 Å². The summed E-state index contributed by atoms with van der Waals surface area (Å²) >= 11 is 1.59. The number of benzene rings is 2. The fourth-order valence-electron chi connectivity index (χ4n) is 2.60. The van der Waals surface area contributed by atoms with Gasteiger partial charge in [0.25, 0.3) is 11.8 Å². The van der Waals surface area contributed by atoms with Crippen molar-refractivity contribution in [2.45, 2.75) is 19.4 Å². The van der Waals surface area contributed by atoms with E-state index in [1.807, 2.05) is 31.4 Å². The number of anilines is 1. The third-order valence-corrected chi connectivity index (χ3v) is 4.77. The van der Waals surface area contributed by atoms with Gasteiger partial charge in [0.05, 0.1) is 0 Å². The van der Waals surface area contributed by atoms with Crippen molar-refractivity contribution in [3.63, 3.8) is 0 Å². The van der Waals surface area contributed by atoms with Crippen LogP contribution in [0.5, 0.6) is 5.75 Å². The third-order valence-electron chi connectivity index (χ3n) is 4.13.